The van der Waals surface area contributed by atoms with Crippen LogP contribution in [0.4, 0.5) is 34.1 Å². The highest BCUT2D eigenvalue weighted by atomic mass is 16.6. The van der Waals surface area contributed by atoms with Crippen LogP contribution in [0.3, 0.4) is 0 Å². The van der Waals surface area contributed by atoms with Crippen LogP contribution in [0, 0.1) is 30.3 Å². The van der Waals surface area contributed by atoms with Gasteiger partial charge in [-0.15, -0.1) is 0 Å². The summed E-state index contributed by atoms with van der Waals surface area (Å²) in [5.41, 5.74) is 0.945. The number of hydrogen-bond acceptors (Lipinski definition) is 18. The Hall–Kier alpha value is -11.2. The average Bonchev–Trinajstić information content (AvgIpc) is 4.03. The van der Waals surface area contributed by atoms with Crippen molar-refractivity contribution in [1.29, 1.82) is 0 Å². The second kappa shape index (κ2) is 24.7. The molecule has 9 aromatic rings. The van der Waals surface area contributed by atoms with Crippen LogP contribution in [0.2, 0.25) is 0 Å². The third-order valence-electron chi connectivity index (χ3n) is 15.5. The standard InChI is InChI=1S/2C20H19N5O4.C18H18N6O4/c1-22-16-8-3-2-6-14(16)17(18(20(22)27)25(28)29)23-10-12-24(13-11-23)19(26)15-7-4-5-9-21-15;1-22-16-5-3-2-4-15(16)17(18(20(22)27)25(28)29)23-10-12-24(13-11-23)19(26)14-6-8-21-9-7-14;1-21-14-5-3-2-4-12(14)15(16(18(21)26)24(27)28)22-6-8-23(9-7-22)17(25)13-10-19-11-20-13/h2*2-9H,10-13H2,1H3;2-5,10-11H,6-9H2,1H3,(H,19,20). The minimum atomic E-state index is -0.644. The number of pyridine rings is 5. The van der Waals surface area contributed by atoms with Crippen molar-refractivity contribution in [1.82, 2.24) is 48.3 Å². The Balaban J connectivity index is 0.000000143. The van der Waals surface area contributed by atoms with E-state index in [4.69, 9.17) is 0 Å². The molecule has 3 aliphatic rings. The number of anilines is 3. The fourth-order valence-corrected chi connectivity index (χ4v) is 11.1. The number of aromatic nitrogens is 7. The van der Waals surface area contributed by atoms with Crippen molar-refractivity contribution in [3.8, 4) is 0 Å². The summed E-state index contributed by atoms with van der Waals surface area (Å²) in [5.74, 6) is -0.440. The molecule has 9 heterocycles. The maximum Gasteiger partial charge on any atom is 0.357 e. The number of imidazole rings is 1. The summed E-state index contributed by atoms with van der Waals surface area (Å²) in [6, 6.07) is 29.9. The molecule has 3 saturated heterocycles. The van der Waals surface area contributed by atoms with Gasteiger partial charge < -0.3 is 48.1 Å². The molecule has 0 unspecified atom stereocenters. The molecule has 3 fully saturated rings. The molecule has 28 nitrogen and oxygen atoms in total. The number of nitro groups is 3. The number of hydrogen-bond donors (Lipinski definition) is 1. The van der Waals surface area contributed by atoms with E-state index in [0.717, 1.165) is 0 Å². The fourth-order valence-electron chi connectivity index (χ4n) is 11.1. The monoisotopic (exact) mass is 1170 g/mol. The summed E-state index contributed by atoms with van der Waals surface area (Å²) in [4.78, 5) is 134. The molecular weight excluding hydrogens is 1110 g/mol. The largest absolute Gasteiger partial charge is 0.362 e. The predicted molar refractivity (Wildman–Crippen MR) is 319 cm³/mol. The number of nitrogens with one attached hydrogen (secondary N) is 1. The minimum Gasteiger partial charge on any atom is -0.362 e. The Morgan fingerprint density at radius 3 is 1.15 bits per heavy atom. The van der Waals surface area contributed by atoms with Gasteiger partial charge in [0.25, 0.3) is 17.7 Å². The molecule has 3 aromatic carbocycles. The molecule has 6 aromatic heterocycles. The van der Waals surface area contributed by atoms with E-state index in [0.29, 0.717) is 145 Å². The quantitative estimate of drug-likeness (QED) is 0.151. The Kier molecular flexibility index (Phi) is 16.7. The van der Waals surface area contributed by atoms with Crippen molar-refractivity contribution in [3.05, 3.63) is 213 Å². The van der Waals surface area contributed by atoms with E-state index in [1.165, 1.54) is 47.4 Å². The number of H-pyrrole nitrogens is 1. The molecule has 0 bridgehead atoms. The van der Waals surface area contributed by atoms with Gasteiger partial charge in [0.05, 0.1) is 43.8 Å². The van der Waals surface area contributed by atoms with E-state index in [2.05, 4.69) is 19.9 Å². The number of aromatic amines is 1. The van der Waals surface area contributed by atoms with Gasteiger partial charge >= 0.3 is 33.7 Å². The zero-order chi connectivity index (χ0) is 60.9. The summed E-state index contributed by atoms with van der Waals surface area (Å²) in [7, 11) is 4.60. The number of rotatable bonds is 9. The Morgan fingerprint density at radius 1 is 0.442 bits per heavy atom. The first-order valence-electron chi connectivity index (χ1n) is 27.2. The topological polar surface area (TPSA) is 321 Å². The second-order valence-corrected chi connectivity index (χ2v) is 20.3. The van der Waals surface area contributed by atoms with E-state index in [9.17, 15) is 59.1 Å². The van der Waals surface area contributed by atoms with Crippen molar-refractivity contribution in [3.63, 3.8) is 0 Å². The fraction of sp³-hybridized carbons (Fsp3) is 0.259. The van der Waals surface area contributed by atoms with Crippen LogP contribution >= 0.6 is 0 Å². The Morgan fingerprint density at radius 2 is 0.802 bits per heavy atom. The molecule has 3 amide bonds. The summed E-state index contributed by atoms with van der Waals surface area (Å²) < 4.78 is 3.91. The van der Waals surface area contributed by atoms with Crippen LogP contribution < -0.4 is 31.4 Å². The summed E-state index contributed by atoms with van der Waals surface area (Å²) in [5, 5.41) is 37.1. The number of carbonyl (C=O) groups excluding carboxylic acids is 3. The number of nitrogens with zero attached hydrogens (tertiary/aromatic N) is 15. The Bertz CT molecular complexity index is 4100. The highest BCUT2D eigenvalue weighted by Crippen LogP contribution is 2.37. The van der Waals surface area contributed by atoms with E-state index < -0.39 is 48.5 Å². The van der Waals surface area contributed by atoms with Crippen LogP contribution in [0.5, 0.6) is 0 Å². The smallest absolute Gasteiger partial charge is 0.357 e. The lowest BCUT2D eigenvalue weighted by Crippen LogP contribution is -2.49. The summed E-state index contributed by atoms with van der Waals surface area (Å²) in [6.07, 6.45) is 7.61. The van der Waals surface area contributed by atoms with E-state index in [1.54, 1.807) is 136 Å². The first kappa shape index (κ1) is 58.0. The van der Waals surface area contributed by atoms with Crippen LogP contribution in [0.15, 0.2) is 149 Å². The normalized spacial score (nSPS) is 14.3. The lowest BCUT2D eigenvalue weighted by molar-refractivity contribution is -0.385. The van der Waals surface area contributed by atoms with Crippen LogP contribution in [0.1, 0.15) is 31.3 Å². The summed E-state index contributed by atoms with van der Waals surface area (Å²) >= 11 is 0. The molecular formula is C58H56N16O12. The number of fused-ring (bicyclic) bond motifs is 3. The lowest BCUT2D eigenvalue weighted by Gasteiger charge is -2.36. The highest BCUT2D eigenvalue weighted by Gasteiger charge is 2.35. The van der Waals surface area contributed by atoms with Gasteiger partial charge in [0.2, 0.25) is 0 Å². The van der Waals surface area contributed by atoms with Crippen LogP contribution in [-0.4, -0.2) is 159 Å². The SMILES string of the molecule is Cn1c(=O)c([N+](=O)[O-])c(N2CCN(C(=O)c3ccccn3)CC2)c2ccccc21.Cn1c(=O)c([N+](=O)[O-])c(N2CCN(C(=O)c3ccncc3)CC2)c2ccccc21.Cn1c(=O)c([N+](=O)[O-])c(N2CCN(C(=O)c3cnc[nH]3)CC2)c2ccccc21. The molecule has 28 heteroatoms. The number of para-hydroxylation sites is 3. The average molecular weight is 1170 g/mol. The van der Waals surface area contributed by atoms with Crippen molar-refractivity contribution in [2.24, 2.45) is 21.1 Å². The van der Waals surface area contributed by atoms with Crippen molar-refractivity contribution in [2.75, 3.05) is 93.2 Å². The minimum absolute atomic E-state index is 0.101. The van der Waals surface area contributed by atoms with Crippen LogP contribution in [0.25, 0.3) is 32.7 Å². The van der Waals surface area contributed by atoms with Gasteiger partial charge in [-0.25, -0.2) is 4.98 Å². The van der Waals surface area contributed by atoms with E-state index in [-0.39, 0.29) is 17.7 Å². The lowest BCUT2D eigenvalue weighted by atomic mass is 10.1. The van der Waals surface area contributed by atoms with Gasteiger partial charge in [0.15, 0.2) is 0 Å². The first-order chi connectivity index (χ1) is 41.5. The maximum absolute atomic E-state index is 12.7. The Labute approximate surface area is 487 Å². The number of piperazine rings is 3. The van der Waals surface area contributed by atoms with Gasteiger partial charge in [-0.3, -0.25) is 69.1 Å². The molecule has 0 aliphatic carbocycles. The van der Waals surface area contributed by atoms with Gasteiger partial charge in [-0.1, -0.05) is 60.7 Å². The maximum atomic E-state index is 12.7. The molecule has 440 valence electrons. The molecule has 0 saturated carbocycles. The number of carbonyl (C=O) groups is 3. The van der Waals surface area contributed by atoms with Crippen LogP contribution in [-0.2, 0) is 21.1 Å². The van der Waals surface area contributed by atoms with Crippen molar-refractivity contribution >= 4 is 84.6 Å². The number of amides is 3. The molecule has 0 spiro atoms. The van der Waals surface area contributed by atoms with Gasteiger partial charge in [0, 0.05) is 140 Å². The third-order valence-corrected chi connectivity index (χ3v) is 15.5. The zero-order valence-electron chi connectivity index (χ0n) is 46.8. The number of aryl methyl sites for hydroxylation is 3. The molecule has 1 N–H and O–H groups in total. The molecule has 0 radical (unpaired) electrons. The number of benzene rings is 3. The first-order valence-corrected chi connectivity index (χ1v) is 27.2. The van der Waals surface area contributed by atoms with Gasteiger partial charge in [0.1, 0.15) is 28.5 Å². The molecule has 3 aliphatic heterocycles. The third kappa shape index (κ3) is 11.2. The van der Waals surface area contributed by atoms with E-state index in [1.807, 2.05) is 14.7 Å². The van der Waals surface area contributed by atoms with E-state index >= 15 is 0 Å². The van der Waals surface area contributed by atoms with Crippen molar-refractivity contribution in [2.45, 2.75) is 0 Å². The zero-order valence-corrected chi connectivity index (χ0v) is 46.8. The second-order valence-electron chi connectivity index (χ2n) is 20.3. The summed E-state index contributed by atoms with van der Waals surface area (Å²) in [6.45, 7) is 4.69. The molecule has 12 rings (SSSR count). The van der Waals surface area contributed by atoms with Gasteiger partial charge in [-0.05, 0) is 42.5 Å². The predicted octanol–water partition coefficient (Wildman–Crippen LogP) is 4.74. The molecule has 86 heavy (non-hydrogen) atoms. The van der Waals surface area contributed by atoms with Gasteiger partial charge in [-0.2, -0.15) is 0 Å². The van der Waals surface area contributed by atoms with Crippen molar-refractivity contribution < 1.29 is 29.2 Å². The highest BCUT2D eigenvalue weighted by molar-refractivity contribution is 6.00. The molecule has 0 atom stereocenters.